The van der Waals surface area contributed by atoms with Gasteiger partial charge in [0.25, 0.3) is 0 Å². The molecular weight excluding hydrogens is 172 g/mol. The Bertz CT molecular complexity index is 427. The summed E-state index contributed by atoms with van der Waals surface area (Å²) in [5, 5.41) is 4.31. The molecule has 1 fully saturated rings. The molecule has 0 saturated heterocycles. The van der Waals surface area contributed by atoms with E-state index in [-0.39, 0.29) is 0 Å². The van der Waals surface area contributed by atoms with Crippen molar-refractivity contribution >= 4 is 0 Å². The van der Waals surface area contributed by atoms with E-state index in [9.17, 15) is 0 Å². The van der Waals surface area contributed by atoms with Crippen LogP contribution in [0.5, 0.6) is 0 Å². The molecule has 1 aromatic heterocycles. The molecule has 1 aliphatic carbocycles. The first-order chi connectivity index (χ1) is 6.95. The molecule has 2 heteroatoms. The van der Waals surface area contributed by atoms with Crippen LogP contribution in [-0.4, -0.2) is 9.78 Å². The maximum Gasteiger partial charge on any atom is 0.0649 e. The fourth-order valence-corrected chi connectivity index (χ4v) is 1.70. The highest BCUT2D eigenvalue weighted by atomic mass is 15.3. The van der Waals surface area contributed by atoms with Crippen molar-refractivity contribution in [2.75, 3.05) is 0 Å². The standard InChI is InChI=1S/C12H11N2/c1-2-4-11(5-3-1)14-12(8-9-13-14)10-6-7-10/h1-5,9-10H,6-7H2. The Morgan fingerprint density at radius 2 is 2.00 bits per heavy atom. The Hall–Kier alpha value is -1.57. The molecule has 0 unspecified atom stereocenters. The molecule has 1 radical (unpaired) electrons. The third-order valence-electron chi connectivity index (χ3n) is 2.58. The normalized spacial score (nSPS) is 15.7. The van der Waals surface area contributed by atoms with Gasteiger partial charge in [0, 0.05) is 12.0 Å². The molecule has 1 aliphatic rings. The first-order valence-corrected chi connectivity index (χ1v) is 4.96. The molecule has 14 heavy (non-hydrogen) atoms. The second kappa shape index (κ2) is 2.98. The van der Waals surface area contributed by atoms with Crippen molar-refractivity contribution in [2.24, 2.45) is 0 Å². The van der Waals surface area contributed by atoms with Crippen molar-refractivity contribution in [1.29, 1.82) is 0 Å². The number of hydrogen-bond donors (Lipinski definition) is 0. The summed E-state index contributed by atoms with van der Waals surface area (Å²) >= 11 is 0. The van der Waals surface area contributed by atoms with Crippen LogP contribution in [0.3, 0.4) is 0 Å². The summed E-state index contributed by atoms with van der Waals surface area (Å²) in [7, 11) is 0. The molecule has 0 spiro atoms. The zero-order chi connectivity index (χ0) is 9.38. The van der Waals surface area contributed by atoms with E-state index < -0.39 is 0 Å². The van der Waals surface area contributed by atoms with Crippen LogP contribution in [-0.2, 0) is 0 Å². The minimum Gasteiger partial charge on any atom is -0.237 e. The van der Waals surface area contributed by atoms with Crippen molar-refractivity contribution in [2.45, 2.75) is 18.8 Å². The molecule has 0 bridgehead atoms. The van der Waals surface area contributed by atoms with Gasteiger partial charge < -0.3 is 0 Å². The van der Waals surface area contributed by atoms with Gasteiger partial charge in [0.15, 0.2) is 0 Å². The summed E-state index contributed by atoms with van der Waals surface area (Å²) in [6.45, 7) is 0. The Kier molecular flexibility index (Phi) is 1.66. The zero-order valence-corrected chi connectivity index (χ0v) is 7.85. The second-order valence-electron chi connectivity index (χ2n) is 3.70. The minimum atomic E-state index is 0.692. The Morgan fingerprint density at radius 3 is 2.71 bits per heavy atom. The molecule has 2 aromatic rings. The molecule has 0 atom stereocenters. The van der Waals surface area contributed by atoms with Gasteiger partial charge in [-0.15, -0.1) is 0 Å². The molecular formula is C12H11N2. The molecule has 1 heterocycles. The van der Waals surface area contributed by atoms with Crippen LogP contribution < -0.4 is 0 Å². The fraction of sp³-hybridized carbons (Fsp3) is 0.250. The van der Waals surface area contributed by atoms with E-state index in [2.05, 4.69) is 23.3 Å². The number of nitrogens with zero attached hydrogens (tertiary/aromatic N) is 2. The topological polar surface area (TPSA) is 17.8 Å². The second-order valence-corrected chi connectivity index (χ2v) is 3.70. The summed E-state index contributed by atoms with van der Waals surface area (Å²) in [5.41, 5.74) is 2.37. The third-order valence-corrected chi connectivity index (χ3v) is 2.58. The monoisotopic (exact) mass is 183 g/mol. The molecule has 0 amide bonds. The first-order valence-electron chi connectivity index (χ1n) is 4.96. The van der Waals surface area contributed by atoms with Crippen molar-refractivity contribution in [3.05, 3.63) is 48.3 Å². The summed E-state index contributed by atoms with van der Waals surface area (Å²) < 4.78 is 2.00. The fourth-order valence-electron chi connectivity index (χ4n) is 1.70. The highest BCUT2D eigenvalue weighted by molar-refractivity contribution is 5.33. The summed E-state index contributed by atoms with van der Waals surface area (Å²) in [5.74, 6) is 0.692. The largest absolute Gasteiger partial charge is 0.237 e. The number of benzene rings is 1. The van der Waals surface area contributed by atoms with E-state index in [4.69, 9.17) is 0 Å². The number of hydrogen-bond acceptors (Lipinski definition) is 1. The van der Waals surface area contributed by atoms with Gasteiger partial charge in [0.2, 0.25) is 0 Å². The van der Waals surface area contributed by atoms with Crippen LogP contribution in [0.15, 0.2) is 36.5 Å². The van der Waals surface area contributed by atoms with Gasteiger partial charge in [-0.1, -0.05) is 18.2 Å². The average Bonchev–Trinajstić information content (AvgIpc) is 2.98. The third kappa shape index (κ3) is 1.23. The molecule has 3 rings (SSSR count). The zero-order valence-electron chi connectivity index (χ0n) is 7.85. The van der Waals surface area contributed by atoms with E-state index in [1.54, 1.807) is 6.20 Å². The first kappa shape index (κ1) is 7.80. The molecule has 69 valence electrons. The van der Waals surface area contributed by atoms with Crippen molar-refractivity contribution in [1.82, 2.24) is 9.78 Å². The summed E-state index contributed by atoms with van der Waals surface area (Å²) in [6, 6.07) is 13.5. The van der Waals surface area contributed by atoms with Crippen LogP contribution in [0.1, 0.15) is 24.5 Å². The predicted molar refractivity (Wildman–Crippen MR) is 54.4 cm³/mol. The van der Waals surface area contributed by atoms with Crippen LogP contribution in [0.4, 0.5) is 0 Å². The quantitative estimate of drug-likeness (QED) is 0.699. The van der Waals surface area contributed by atoms with E-state index in [1.807, 2.05) is 22.9 Å². The number of rotatable bonds is 2. The minimum absolute atomic E-state index is 0.692. The lowest BCUT2D eigenvalue weighted by molar-refractivity contribution is 0.808. The van der Waals surface area contributed by atoms with Crippen LogP contribution in [0.2, 0.25) is 0 Å². The SMILES string of the molecule is [c]1cnn(-c2ccccc2)c1C1CC1. The van der Waals surface area contributed by atoms with Gasteiger partial charge in [-0.2, -0.15) is 5.10 Å². The van der Waals surface area contributed by atoms with E-state index in [0.29, 0.717) is 5.92 Å². The maximum atomic E-state index is 4.31. The average molecular weight is 183 g/mol. The number of aromatic nitrogens is 2. The van der Waals surface area contributed by atoms with Gasteiger partial charge >= 0.3 is 0 Å². The van der Waals surface area contributed by atoms with Crippen molar-refractivity contribution in [3.8, 4) is 5.69 Å². The van der Waals surface area contributed by atoms with Crippen LogP contribution in [0.25, 0.3) is 5.69 Å². The molecule has 0 N–H and O–H groups in total. The lowest BCUT2D eigenvalue weighted by Crippen LogP contribution is -2.00. The maximum absolute atomic E-state index is 4.31. The Balaban J connectivity index is 2.07. The Morgan fingerprint density at radius 1 is 1.21 bits per heavy atom. The number of para-hydroxylation sites is 1. The lowest BCUT2D eigenvalue weighted by Gasteiger charge is -2.05. The van der Waals surface area contributed by atoms with E-state index >= 15 is 0 Å². The lowest BCUT2D eigenvalue weighted by atomic mass is 10.2. The summed E-state index contributed by atoms with van der Waals surface area (Å²) in [4.78, 5) is 0. The predicted octanol–water partition coefficient (Wildman–Crippen LogP) is 2.55. The van der Waals surface area contributed by atoms with Gasteiger partial charge in [0.1, 0.15) is 0 Å². The molecule has 2 nitrogen and oxygen atoms in total. The van der Waals surface area contributed by atoms with E-state index in [1.165, 1.54) is 18.5 Å². The van der Waals surface area contributed by atoms with Gasteiger partial charge in [-0.3, -0.25) is 0 Å². The highest BCUT2D eigenvalue weighted by Gasteiger charge is 2.27. The summed E-state index contributed by atoms with van der Waals surface area (Å²) in [6.07, 6.45) is 4.34. The molecule has 0 aliphatic heterocycles. The van der Waals surface area contributed by atoms with Crippen molar-refractivity contribution < 1.29 is 0 Å². The van der Waals surface area contributed by atoms with Crippen LogP contribution in [0, 0.1) is 6.07 Å². The Labute approximate surface area is 83.2 Å². The van der Waals surface area contributed by atoms with Crippen molar-refractivity contribution in [3.63, 3.8) is 0 Å². The van der Waals surface area contributed by atoms with Gasteiger partial charge in [-0.25, -0.2) is 4.68 Å². The molecule has 1 saturated carbocycles. The molecule has 1 aromatic carbocycles. The highest BCUT2D eigenvalue weighted by Crippen LogP contribution is 2.40. The van der Waals surface area contributed by atoms with Crippen LogP contribution >= 0.6 is 0 Å². The van der Waals surface area contributed by atoms with Gasteiger partial charge in [-0.05, 0) is 25.0 Å². The van der Waals surface area contributed by atoms with E-state index in [0.717, 1.165) is 5.69 Å². The smallest absolute Gasteiger partial charge is 0.0649 e. The van der Waals surface area contributed by atoms with Gasteiger partial charge in [0.05, 0.1) is 17.6 Å².